The van der Waals surface area contributed by atoms with E-state index in [2.05, 4.69) is 0 Å². The van der Waals surface area contributed by atoms with Gasteiger partial charge in [-0.1, -0.05) is 0 Å². The van der Waals surface area contributed by atoms with Crippen molar-refractivity contribution in [3.63, 3.8) is 0 Å². The average Bonchev–Trinajstić information content (AvgIpc) is 1.67. The molecule has 0 aromatic carbocycles. The molecule has 3 nitrogen and oxygen atoms in total. The molecule has 40 valence electrons. The molecule has 0 aliphatic carbocycles. The largest absolute Gasteiger partial charge is 0.330 e. The summed E-state index contributed by atoms with van der Waals surface area (Å²) in [7, 11) is 0. The number of ether oxygens (including phenoxy) is 3. The van der Waals surface area contributed by atoms with E-state index in [4.69, 9.17) is 14.2 Å². The maximum Gasteiger partial charge on any atom is 0.276 e. The average molecular weight is 102 g/mol. The van der Waals surface area contributed by atoms with Crippen molar-refractivity contribution in [2.45, 2.75) is 19.2 Å². The summed E-state index contributed by atoms with van der Waals surface area (Å²) in [6.45, 7) is 0.466. The Bertz CT molecular complexity index is 63.5. The smallest absolute Gasteiger partial charge is 0.276 e. The SMILES string of the molecule is C1CC2OC(O1)O2. The number of hydrogen-bond donors (Lipinski definition) is 0. The van der Waals surface area contributed by atoms with Gasteiger partial charge in [0, 0.05) is 6.42 Å². The van der Waals surface area contributed by atoms with Crippen LogP contribution in [-0.2, 0) is 14.2 Å². The zero-order valence-electron chi connectivity index (χ0n) is 3.79. The topological polar surface area (TPSA) is 27.7 Å². The first kappa shape index (κ1) is 3.83. The van der Waals surface area contributed by atoms with Crippen molar-refractivity contribution >= 4 is 0 Å². The third kappa shape index (κ3) is 0.459. The molecule has 0 N–H and O–H groups in total. The number of fused-ring (bicyclic) bond motifs is 2. The molecule has 0 radical (unpaired) electrons. The standard InChI is InChI=1S/C4H6O3/c1-2-5-4-6-3(1)7-4/h3-4H,1-2H2. The molecule has 3 fully saturated rings. The Morgan fingerprint density at radius 1 is 1.29 bits per heavy atom. The second-order valence-electron chi connectivity index (χ2n) is 1.65. The fourth-order valence-electron chi connectivity index (χ4n) is 0.733. The van der Waals surface area contributed by atoms with E-state index in [0.717, 1.165) is 13.0 Å². The highest BCUT2D eigenvalue weighted by Crippen LogP contribution is 2.25. The van der Waals surface area contributed by atoms with Crippen LogP contribution in [0.5, 0.6) is 0 Å². The minimum atomic E-state index is -0.321. The molecule has 0 saturated carbocycles. The molecule has 0 spiro atoms. The van der Waals surface area contributed by atoms with Crippen LogP contribution >= 0.6 is 0 Å². The second kappa shape index (κ2) is 1.18. The predicted molar refractivity (Wildman–Crippen MR) is 20.3 cm³/mol. The predicted octanol–water partition coefficient (Wildman–Crippen LogP) is 0.0632. The summed E-state index contributed by atoms with van der Waals surface area (Å²) < 4.78 is 14.8. The van der Waals surface area contributed by atoms with E-state index < -0.39 is 0 Å². The van der Waals surface area contributed by atoms with Crippen molar-refractivity contribution < 1.29 is 14.2 Å². The minimum absolute atomic E-state index is 0.0544. The maximum absolute atomic E-state index is 4.93. The van der Waals surface area contributed by atoms with Crippen LogP contribution in [0.1, 0.15) is 6.42 Å². The van der Waals surface area contributed by atoms with Crippen molar-refractivity contribution in [3.8, 4) is 0 Å². The summed E-state index contributed by atoms with van der Waals surface area (Å²) in [5.41, 5.74) is 0. The Labute approximate surface area is 41.2 Å². The van der Waals surface area contributed by atoms with Crippen LogP contribution in [0, 0.1) is 0 Å². The lowest BCUT2D eigenvalue weighted by molar-refractivity contribution is -0.497. The van der Waals surface area contributed by atoms with Crippen LogP contribution in [0.25, 0.3) is 0 Å². The summed E-state index contributed by atoms with van der Waals surface area (Å²) in [4.78, 5) is 0. The van der Waals surface area contributed by atoms with Gasteiger partial charge < -0.3 is 4.74 Å². The molecular weight excluding hydrogens is 96.0 g/mol. The second-order valence-corrected chi connectivity index (χ2v) is 1.65. The van der Waals surface area contributed by atoms with E-state index in [1.165, 1.54) is 0 Å². The van der Waals surface area contributed by atoms with Crippen molar-refractivity contribution in [1.82, 2.24) is 0 Å². The number of hydrogen-bond acceptors (Lipinski definition) is 3. The first-order valence-corrected chi connectivity index (χ1v) is 2.38. The van der Waals surface area contributed by atoms with Crippen LogP contribution in [0.2, 0.25) is 0 Å². The van der Waals surface area contributed by atoms with Gasteiger partial charge in [-0.25, -0.2) is 0 Å². The Morgan fingerprint density at radius 3 is 2.29 bits per heavy atom. The Hall–Kier alpha value is -0.120. The Kier molecular flexibility index (Phi) is 0.647. The van der Waals surface area contributed by atoms with Gasteiger partial charge in [0.25, 0.3) is 6.48 Å². The summed E-state index contributed by atoms with van der Waals surface area (Å²) in [6.07, 6.45) is 0.940. The first-order chi connectivity index (χ1) is 3.45. The molecule has 3 aliphatic rings. The lowest BCUT2D eigenvalue weighted by Crippen LogP contribution is -2.48. The fraction of sp³-hybridized carbons (Fsp3) is 1.00. The quantitative estimate of drug-likeness (QED) is 0.433. The third-order valence-electron chi connectivity index (χ3n) is 1.13. The molecule has 2 bridgehead atoms. The lowest BCUT2D eigenvalue weighted by atomic mass is 10.4. The van der Waals surface area contributed by atoms with Crippen LogP contribution in [0.15, 0.2) is 0 Å². The molecule has 0 aromatic heterocycles. The normalized spacial score (nSPS) is 48.0. The molecule has 0 atom stereocenters. The molecule has 0 aromatic rings. The van der Waals surface area contributed by atoms with Crippen LogP contribution < -0.4 is 0 Å². The molecule has 3 heteroatoms. The van der Waals surface area contributed by atoms with Crippen LogP contribution in [0.3, 0.4) is 0 Å². The van der Waals surface area contributed by atoms with Gasteiger partial charge in [0.1, 0.15) is 0 Å². The minimum Gasteiger partial charge on any atom is -0.330 e. The van der Waals surface area contributed by atoms with Crippen molar-refractivity contribution in [3.05, 3.63) is 0 Å². The molecule has 0 amide bonds. The first-order valence-electron chi connectivity index (χ1n) is 2.38. The van der Waals surface area contributed by atoms with E-state index >= 15 is 0 Å². The molecular formula is C4H6O3. The van der Waals surface area contributed by atoms with Gasteiger partial charge in [-0.3, -0.25) is 9.47 Å². The van der Waals surface area contributed by atoms with Gasteiger partial charge in [0.2, 0.25) is 0 Å². The number of rotatable bonds is 0. The van der Waals surface area contributed by atoms with E-state index in [1.807, 2.05) is 0 Å². The summed E-state index contributed by atoms with van der Waals surface area (Å²) in [5, 5.41) is 0. The maximum atomic E-state index is 4.93. The lowest BCUT2D eigenvalue weighted by Gasteiger charge is -2.39. The molecule has 3 rings (SSSR count). The van der Waals surface area contributed by atoms with Gasteiger partial charge in [-0.2, -0.15) is 0 Å². The Balaban J connectivity index is 1.99. The molecule has 7 heavy (non-hydrogen) atoms. The zero-order valence-corrected chi connectivity index (χ0v) is 3.79. The van der Waals surface area contributed by atoms with Crippen molar-refractivity contribution in [2.24, 2.45) is 0 Å². The zero-order chi connectivity index (χ0) is 4.69. The molecule has 3 heterocycles. The highest BCUT2D eigenvalue weighted by Gasteiger charge is 2.35. The summed E-state index contributed by atoms with van der Waals surface area (Å²) in [6, 6.07) is 0. The molecule has 0 unspecified atom stereocenters. The van der Waals surface area contributed by atoms with Gasteiger partial charge in [-0.15, -0.1) is 0 Å². The summed E-state index contributed by atoms with van der Waals surface area (Å²) >= 11 is 0. The molecule has 3 aliphatic heterocycles. The fourth-order valence-corrected chi connectivity index (χ4v) is 0.733. The van der Waals surface area contributed by atoms with E-state index in [1.54, 1.807) is 0 Å². The van der Waals surface area contributed by atoms with Gasteiger partial charge in [0.05, 0.1) is 6.61 Å². The highest BCUT2D eigenvalue weighted by atomic mass is 17.0. The molecule has 3 saturated heterocycles. The van der Waals surface area contributed by atoms with Gasteiger partial charge in [0.15, 0.2) is 6.29 Å². The summed E-state index contributed by atoms with van der Waals surface area (Å²) in [5.74, 6) is 0. The van der Waals surface area contributed by atoms with E-state index in [0.29, 0.717) is 0 Å². The van der Waals surface area contributed by atoms with Crippen LogP contribution in [0.4, 0.5) is 0 Å². The Morgan fingerprint density at radius 2 is 2.14 bits per heavy atom. The van der Waals surface area contributed by atoms with Gasteiger partial charge >= 0.3 is 0 Å². The van der Waals surface area contributed by atoms with E-state index in [9.17, 15) is 0 Å². The van der Waals surface area contributed by atoms with Crippen molar-refractivity contribution in [2.75, 3.05) is 6.61 Å². The van der Waals surface area contributed by atoms with E-state index in [-0.39, 0.29) is 12.8 Å². The van der Waals surface area contributed by atoms with Crippen molar-refractivity contribution in [1.29, 1.82) is 0 Å². The third-order valence-corrected chi connectivity index (χ3v) is 1.13. The highest BCUT2D eigenvalue weighted by molar-refractivity contribution is 4.57. The monoisotopic (exact) mass is 102 g/mol. The van der Waals surface area contributed by atoms with Gasteiger partial charge in [-0.05, 0) is 0 Å². The van der Waals surface area contributed by atoms with Crippen LogP contribution in [-0.4, -0.2) is 19.4 Å².